The highest BCUT2D eigenvalue weighted by Gasteiger charge is 2.42. The maximum Gasteiger partial charge on any atom is 0.0336 e. The maximum absolute atomic E-state index is 3.81. The van der Waals surface area contributed by atoms with E-state index in [1.165, 1.54) is 43.6 Å². The third-order valence-electron chi connectivity index (χ3n) is 4.65. The van der Waals surface area contributed by atoms with E-state index in [9.17, 15) is 0 Å². The van der Waals surface area contributed by atoms with Crippen molar-refractivity contribution >= 4 is 0 Å². The van der Waals surface area contributed by atoms with Crippen molar-refractivity contribution in [2.45, 2.75) is 44.7 Å². The number of nitrogens with zero attached hydrogens (tertiary/aromatic N) is 1. The van der Waals surface area contributed by atoms with Crippen LogP contribution in [0.4, 0.5) is 0 Å². The van der Waals surface area contributed by atoms with Crippen LogP contribution in [-0.2, 0) is 6.54 Å². The number of hydrogen-bond donors (Lipinski definition) is 1. The van der Waals surface area contributed by atoms with Gasteiger partial charge in [0.1, 0.15) is 0 Å². The molecule has 2 fully saturated rings. The van der Waals surface area contributed by atoms with Crippen LogP contribution in [0.5, 0.6) is 0 Å². The fraction of sp³-hybridized carbons (Fsp3) is 0.625. The number of rotatable bonds is 4. The van der Waals surface area contributed by atoms with Gasteiger partial charge in [0.25, 0.3) is 0 Å². The van der Waals surface area contributed by atoms with Crippen LogP contribution in [0.25, 0.3) is 0 Å². The molecular weight excluding hydrogens is 220 g/mol. The van der Waals surface area contributed by atoms with Crippen LogP contribution < -0.4 is 5.32 Å². The van der Waals surface area contributed by atoms with Crippen molar-refractivity contribution in [1.29, 1.82) is 0 Å². The molecule has 1 aromatic carbocycles. The van der Waals surface area contributed by atoms with Gasteiger partial charge in [0.05, 0.1) is 0 Å². The van der Waals surface area contributed by atoms with E-state index in [1.807, 2.05) is 0 Å². The Labute approximate surface area is 110 Å². The standard InChI is InChI=1S/C16H24N2/c1-13(2)15-5-3-14(4-6-15)11-17-16-7-9-18(12-16)10-8-16/h3-6,13,17H,7-12H2,1-2H3. The molecule has 2 heteroatoms. The Balaban J connectivity index is 1.60. The lowest BCUT2D eigenvalue weighted by atomic mass is 9.94. The van der Waals surface area contributed by atoms with Crippen molar-refractivity contribution in [3.8, 4) is 0 Å². The Morgan fingerprint density at radius 2 is 1.83 bits per heavy atom. The average Bonchev–Trinajstić information content (AvgIpc) is 2.98. The van der Waals surface area contributed by atoms with Crippen LogP contribution in [0.2, 0.25) is 0 Å². The molecule has 1 aromatic rings. The molecule has 2 saturated heterocycles. The molecule has 1 N–H and O–H groups in total. The van der Waals surface area contributed by atoms with E-state index in [0.29, 0.717) is 11.5 Å². The summed E-state index contributed by atoms with van der Waals surface area (Å²) in [6.07, 6.45) is 2.66. The summed E-state index contributed by atoms with van der Waals surface area (Å²) in [4.78, 5) is 2.58. The third-order valence-corrected chi connectivity index (χ3v) is 4.65. The van der Waals surface area contributed by atoms with Crippen LogP contribution in [0.3, 0.4) is 0 Å². The molecule has 0 aliphatic carbocycles. The van der Waals surface area contributed by atoms with E-state index >= 15 is 0 Å². The Bertz CT molecular complexity index is 400. The SMILES string of the molecule is CC(C)c1ccc(CNC23CCN(CC2)C3)cc1. The van der Waals surface area contributed by atoms with Gasteiger partial charge in [0.15, 0.2) is 0 Å². The molecule has 0 atom stereocenters. The lowest BCUT2D eigenvalue weighted by Gasteiger charge is -2.27. The van der Waals surface area contributed by atoms with Gasteiger partial charge in [-0.2, -0.15) is 0 Å². The molecule has 0 aromatic heterocycles. The van der Waals surface area contributed by atoms with E-state index in [2.05, 4.69) is 48.3 Å². The Kier molecular flexibility index (Phi) is 3.16. The van der Waals surface area contributed by atoms with E-state index in [4.69, 9.17) is 0 Å². The zero-order valence-corrected chi connectivity index (χ0v) is 11.6. The fourth-order valence-electron chi connectivity index (χ4n) is 3.27. The van der Waals surface area contributed by atoms with Gasteiger partial charge >= 0.3 is 0 Å². The minimum absolute atomic E-state index is 0.427. The van der Waals surface area contributed by atoms with Gasteiger partial charge in [-0.05, 0) is 29.9 Å². The molecule has 0 amide bonds. The minimum Gasteiger partial charge on any atom is -0.306 e. The normalized spacial score (nSPS) is 30.3. The van der Waals surface area contributed by atoms with Gasteiger partial charge in [0.2, 0.25) is 0 Å². The van der Waals surface area contributed by atoms with Crippen molar-refractivity contribution in [3.63, 3.8) is 0 Å². The highest BCUT2D eigenvalue weighted by atomic mass is 15.2. The summed E-state index contributed by atoms with van der Waals surface area (Å²) < 4.78 is 0. The zero-order valence-electron chi connectivity index (χ0n) is 11.6. The first-order valence-corrected chi connectivity index (χ1v) is 7.23. The van der Waals surface area contributed by atoms with Crippen molar-refractivity contribution in [3.05, 3.63) is 35.4 Å². The largest absolute Gasteiger partial charge is 0.306 e. The molecule has 2 aliphatic rings. The predicted octanol–water partition coefficient (Wildman–Crippen LogP) is 2.75. The topological polar surface area (TPSA) is 15.3 Å². The average molecular weight is 244 g/mol. The summed E-state index contributed by atoms with van der Waals surface area (Å²) >= 11 is 0. The van der Waals surface area contributed by atoms with Gasteiger partial charge in [0, 0.05) is 31.7 Å². The van der Waals surface area contributed by atoms with Gasteiger partial charge in [-0.15, -0.1) is 0 Å². The summed E-state index contributed by atoms with van der Waals surface area (Å²) in [6, 6.07) is 9.10. The van der Waals surface area contributed by atoms with Gasteiger partial charge in [-0.1, -0.05) is 38.1 Å². The van der Waals surface area contributed by atoms with Crippen LogP contribution in [0.1, 0.15) is 43.7 Å². The second-order valence-corrected chi connectivity index (χ2v) is 6.31. The van der Waals surface area contributed by atoms with E-state index < -0.39 is 0 Å². The summed E-state index contributed by atoms with van der Waals surface area (Å²) in [5.41, 5.74) is 3.28. The summed E-state index contributed by atoms with van der Waals surface area (Å²) in [6.45, 7) is 9.36. The van der Waals surface area contributed by atoms with E-state index in [-0.39, 0.29) is 0 Å². The van der Waals surface area contributed by atoms with E-state index in [0.717, 1.165) is 6.54 Å². The van der Waals surface area contributed by atoms with Crippen molar-refractivity contribution < 1.29 is 0 Å². The second kappa shape index (κ2) is 4.67. The molecule has 0 unspecified atom stereocenters. The molecule has 2 bridgehead atoms. The highest BCUT2D eigenvalue weighted by Crippen LogP contribution is 2.32. The van der Waals surface area contributed by atoms with Gasteiger partial charge < -0.3 is 10.2 Å². The third kappa shape index (κ3) is 2.32. The molecule has 98 valence electrons. The first-order chi connectivity index (χ1) is 8.67. The number of hydrogen-bond acceptors (Lipinski definition) is 2. The van der Waals surface area contributed by atoms with E-state index in [1.54, 1.807) is 0 Å². The minimum atomic E-state index is 0.427. The molecule has 0 spiro atoms. The Morgan fingerprint density at radius 3 is 2.33 bits per heavy atom. The highest BCUT2D eigenvalue weighted by molar-refractivity contribution is 5.25. The maximum atomic E-state index is 3.81. The predicted molar refractivity (Wildman–Crippen MR) is 75.8 cm³/mol. The molecular formula is C16H24N2. The second-order valence-electron chi connectivity index (χ2n) is 6.31. The summed E-state index contributed by atoms with van der Waals surface area (Å²) in [7, 11) is 0. The summed E-state index contributed by atoms with van der Waals surface area (Å²) in [5.74, 6) is 0.629. The van der Waals surface area contributed by atoms with Crippen molar-refractivity contribution in [1.82, 2.24) is 10.2 Å². The first kappa shape index (κ1) is 12.2. The molecule has 3 rings (SSSR count). The molecule has 2 aliphatic heterocycles. The molecule has 18 heavy (non-hydrogen) atoms. The smallest absolute Gasteiger partial charge is 0.0336 e. The van der Waals surface area contributed by atoms with Gasteiger partial charge in [-0.25, -0.2) is 0 Å². The lowest BCUT2D eigenvalue weighted by molar-refractivity contribution is 0.338. The van der Waals surface area contributed by atoms with Crippen LogP contribution in [-0.4, -0.2) is 30.1 Å². The first-order valence-electron chi connectivity index (χ1n) is 7.23. The molecule has 2 heterocycles. The fourth-order valence-corrected chi connectivity index (χ4v) is 3.27. The van der Waals surface area contributed by atoms with Crippen LogP contribution >= 0.6 is 0 Å². The van der Waals surface area contributed by atoms with Crippen LogP contribution in [0, 0.1) is 0 Å². The Morgan fingerprint density at radius 1 is 1.17 bits per heavy atom. The molecule has 2 nitrogen and oxygen atoms in total. The number of benzene rings is 1. The quantitative estimate of drug-likeness (QED) is 0.876. The molecule has 0 saturated carbocycles. The van der Waals surface area contributed by atoms with Crippen LogP contribution in [0.15, 0.2) is 24.3 Å². The van der Waals surface area contributed by atoms with Gasteiger partial charge in [-0.3, -0.25) is 0 Å². The van der Waals surface area contributed by atoms with Crippen molar-refractivity contribution in [2.75, 3.05) is 19.6 Å². The number of fused-ring (bicyclic) bond motifs is 2. The number of piperidine rings is 1. The van der Waals surface area contributed by atoms with Crippen molar-refractivity contribution in [2.24, 2.45) is 0 Å². The Hall–Kier alpha value is -0.860. The zero-order chi connectivity index (χ0) is 12.6. The molecule has 0 radical (unpaired) electrons. The number of nitrogens with one attached hydrogen (secondary N) is 1. The monoisotopic (exact) mass is 244 g/mol. The lowest BCUT2D eigenvalue weighted by Crippen LogP contribution is -2.43. The summed E-state index contributed by atoms with van der Waals surface area (Å²) in [5, 5.41) is 3.81.